The zero-order chi connectivity index (χ0) is 9.97. The highest BCUT2D eigenvalue weighted by molar-refractivity contribution is 9.11. The fourth-order valence-electron chi connectivity index (χ4n) is 1.18. The van der Waals surface area contributed by atoms with Crippen LogP contribution in [-0.4, -0.2) is 17.8 Å². The molecule has 1 aliphatic rings. The molecule has 76 valence electrons. The maximum absolute atomic E-state index is 4.40. The lowest BCUT2D eigenvalue weighted by molar-refractivity contribution is 0.728. The zero-order valence-electron chi connectivity index (χ0n) is 7.79. The van der Waals surface area contributed by atoms with Crippen molar-refractivity contribution in [1.29, 1.82) is 0 Å². The number of thioether (sulfide) groups is 1. The topological polar surface area (TPSA) is 24.4 Å². The normalized spacial score (nSPS) is 20.7. The van der Waals surface area contributed by atoms with E-state index in [2.05, 4.69) is 44.6 Å². The van der Waals surface area contributed by atoms with Crippen LogP contribution in [0.2, 0.25) is 0 Å². The number of thiophene rings is 1. The van der Waals surface area contributed by atoms with Gasteiger partial charge in [0.05, 0.1) is 10.3 Å². The molecule has 1 aliphatic heterocycles. The number of nitrogens with one attached hydrogen (secondary N) is 1. The van der Waals surface area contributed by atoms with Gasteiger partial charge in [-0.05, 0) is 39.9 Å². The Morgan fingerprint density at radius 1 is 1.79 bits per heavy atom. The van der Waals surface area contributed by atoms with Crippen molar-refractivity contribution in [3.05, 3.63) is 20.8 Å². The van der Waals surface area contributed by atoms with Gasteiger partial charge in [0, 0.05) is 11.8 Å². The van der Waals surface area contributed by atoms with Crippen LogP contribution in [0.15, 0.2) is 20.2 Å². The molecule has 1 unspecified atom stereocenters. The number of hydrogen-bond acceptors (Lipinski definition) is 4. The molecule has 0 radical (unpaired) electrons. The molecule has 0 fully saturated rings. The summed E-state index contributed by atoms with van der Waals surface area (Å²) in [4.78, 5) is 4.40. The van der Waals surface area contributed by atoms with Crippen LogP contribution in [0.25, 0.3) is 0 Å². The number of halogens is 1. The van der Waals surface area contributed by atoms with E-state index in [4.69, 9.17) is 0 Å². The molecule has 0 saturated heterocycles. The standard InChI is InChI=1S/C9H11BrN2S2/c1-6-4-11-9(12-6)14-5-7-2-3-13-8(7)10/h2-3,6H,4-5H2,1H3,(H,11,12). The predicted octanol–water partition coefficient (Wildman–Crippen LogP) is 3.09. The largest absolute Gasteiger partial charge is 0.361 e. The first-order valence-electron chi connectivity index (χ1n) is 4.41. The number of hydrogen-bond donors (Lipinski definition) is 1. The van der Waals surface area contributed by atoms with Crippen LogP contribution in [0.1, 0.15) is 12.5 Å². The molecule has 0 bridgehead atoms. The van der Waals surface area contributed by atoms with Crippen molar-refractivity contribution < 1.29 is 0 Å². The molecule has 0 saturated carbocycles. The molecule has 5 heteroatoms. The lowest BCUT2D eigenvalue weighted by atomic mass is 10.4. The van der Waals surface area contributed by atoms with Crippen LogP contribution in [0.4, 0.5) is 0 Å². The third-order valence-corrected chi connectivity index (χ3v) is 4.72. The van der Waals surface area contributed by atoms with Crippen molar-refractivity contribution in [2.45, 2.75) is 18.7 Å². The Kier molecular flexibility index (Phi) is 3.52. The predicted molar refractivity (Wildman–Crippen MR) is 68.2 cm³/mol. The van der Waals surface area contributed by atoms with Gasteiger partial charge in [0.15, 0.2) is 5.17 Å². The summed E-state index contributed by atoms with van der Waals surface area (Å²) in [6.45, 7) is 3.06. The van der Waals surface area contributed by atoms with E-state index < -0.39 is 0 Å². The molecule has 1 aromatic rings. The SMILES string of the molecule is CC1CN=C(SCc2ccsc2Br)N1. The first-order chi connectivity index (χ1) is 6.75. The first kappa shape index (κ1) is 10.5. The van der Waals surface area contributed by atoms with Gasteiger partial charge in [0.2, 0.25) is 0 Å². The number of rotatable bonds is 2. The number of amidine groups is 1. The molecule has 1 N–H and O–H groups in total. The summed E-state index contributed by atoms with van der Waals surface area (Å²) in [5.74, 6) is 0.989. The van der Waals surface area contributed by atoms with Gasteiger partial charge in [0.1, 0.15) is 0 Å². The monoisotopic (exact) mass is 290 g/mol. The highest BCUT2D eigenvalue weighted by atomic mass is 79.9. The van der Waals surface area contributed by atoms with Crippen molar-refractivity contribution in [3.8, 4) is 0 Å². The highest BCUT2D eigenvalue weighted by Gasteiger charge is 2.13. The van der Waals surface area contributed by atoms with Gasteiger partial charge in [0.25, 0.3) is 0 Å². The number of nitrogens with zero attached hydrogens (tertiary/aromatic N) is 1. The summed E-state index contributed by atoms with van der Waals surface area (Å²) in [5.41, 5.74) is 1.35. The second-order valence-corrected chi connectivity index (χ2v) is 6.40. The van der Waals surface area contributed by atoms with E-state index in [-0.39, 0.29) is 0 Å². The maximum atomic E-state index is 4.40. The van der Waals surface area contributed by atoms with Crippen LogP contribution >= 0.6 is 39.0 Å². The maximum Gasteiger partial charge on any atom is 0.157 e. The highest BCUT2D eigenvalue weighted by Crippen LogP contribution is 2.27. The van der Waals surface area contributed by atoms with Gasteiger partial charge in [-0.1, -0.05) is 11.8 Å². The molecule has 0 spiro atoms. The average molecular weight is 291 g/mol. The van der Waals surface area contributed by atoms with Gasteiger partial charge in [-0.25, -0.2) is 0 Å². The van der Waals surface area contributed by atoms with Gasteiger partial charge in [-0.15, -0.1) is 11.3 Å². The Morgan fingerprint density at radius 3 is 3.21 bits per heavy atom. The summed E-state index contributed by atoms with van der Waals surface area (Å²) < 4.78 is 1.23. The fourth-order valence-corrected chi connectivity index (χ4v) is 3.68. The van der Waals surface area contributed by atoms with E-state index in [1.807, 2.05) is 0 Å². The Labute approximate surface area is 100 Å². The molecule has 0 amide bonds. The smallest absolute Gasteiger partial charge is 0.157 e. The third kappa shape index (κ3) is 2.52. The van der Waals surface area contributed by atoms with Crippen LogP contribution in [0.3, 0.4) is 0 Å². The van der Waals surface area contributed by atoms with E-state index in [0.29, 0.717) is 6.04 Å². The molecule has 2 rings (SSSR count). The average Bonchev–Trinajstić information content (AvgIpc) is 2.72. The van der Waals surface area contributed by atoms with Crippen LogP contribution < -0.4 is 5.32 Å². The molecule has 1 aromatic heterocycles. The third-order valence-electron chi connectivity index (χ3n) is 1.94. The van der Waals surface area contributed by atoms with Crippen molar-refractivity contribution in [2.24, 2.45) is 4.99 Å². The van der Waals surface area contributed by atoms with Gasteiger partial charge in [-0.3, -0.25) is 4.99 Å². The molecule has 1 atom stereocenters. The van der Waals surface area contributed by atoms with E-state index >= 15 is 0 Å². The van der Waals surface area contributed by atoms with E-state index in [9.17, 15) is 0 Å². The molecule has 14 heavy (non-hydrogen) atoms. The van der Waals surface area contributed by atoms with Crippen molar-refractivity contribution in [1.82, 2.24) is 5.32 Å². The Bertz CT molecular complexity index is 348. The molecular weight excluding hydrogens is 280 g/mol. The van der Waals surface area contributed by atoms with Crippen LogP contribution in [0, 0.1) is 0 Å². The lowest BCUT2D eigenvalue weighted by Gasteiger charge is -2.04. The van der Waals surface area contributed by atoms with Gasteiger partial charge < -0.3 is 5.32 Å². The quantitative estimate of drug-likeness (QED) is 0.905. The van der Waals surface area contributed by atoms with Crippen molar-refractivity contribution >= 4 is 44.2 Å². The first-order valence-corrected chi connectivity index (χ1v) is 7.07. The van der Waals surface area contributed by atoms with E-state index in [0.717, 1.165) is 17.5 Å². The lowest BCUT2D eigenvalue weighted by Crippen LogP contribution is -2.25. The number of aliphatic imine (C=N–C) groups is 1. The Balaban J connectivity index is 1.86. The zero-order valence-corrected chi connectivity index (χ0v) is 11.0. The summed E-state index contributed by atoms with van der Waals surface area (Å²) in [6, 6.07) is 2.66. The van der Waals surface area contributed by atoms with Crippen molar-refractivity contribution in [2.75, 3.05) is 6.54 Å². The molecular formula is C9H11BrN2S2. The second kappa shape index (κ2) is 4.68. The minimum Gasteiger partial charge on any atom is -0.361 e. The minimum absolute atomic E-state index is 0.503. The summed E-state index contributed by atoms with van der Waals surface area (Å²) >= 11 is 7.04. The summed E-state index contributed by atoms with van der Waals surface area (Å²) in [6.07, 6.45) is 0. The van der Waals surface area contributed by atoms with Gasteiger partial charge >= 0.3 is 0 Å². The van der Waals surface area contributed by atoms with E-state index in [1.54, 1.807) is 23.1 Å². The molecule has 0 aliphatic carbocycles. The summed E-state index contributed by atoms with van der Waals surface area (Å²) in [7, 11) is 0. The minimum atomic E-state index is 0.503. The van der Waals surface area contributed by atoms with Gasteiger partial charge in [-0.2, -0.15) is 0 Å². The Hall–Kier alpha value is -0.0000000000000000555. The second-order valence-electron chi connectivity index (χ2n) is 3.20. The van der Waals surface area contributed by atoms with E-state index in [1.165, 1.54) is 9.35 Å². The summed E-state index contributed by atoms with van der Waals surface area (Å²) in [5, 5.41) is 6.52. The van der Waals surface area contributed by atoms with Crippen molar-refractivity contribution in [3.63, 3.8) is 0 Å². The van der Waals surface area contributed by atoms with Crippen LogP contribution in [-0.2, 0) is 5.75 Å². The fraction of sp³-hybridized carbons (Fsp3) is 0.444. The molecule has 0 aromatic carbocycles. The Morgan fingerprint density at radius 2 is 2.64 bits per heavy atom. The van der Waals surface area contributed by atoms with Crippen LogP contribution in [0.5, 0.6) is 0 Å². The molecule has 2 heterocycles. The molecule has 2 nitrogen and oxygen atoms in total.